The third kappa shape index (κ3) is 6.32. The van der Waals surface area contributed by atoms with Crippen LogP contribution >= 0.6 is 0 Å². The molecule has 0 aliphatic heterocycles. The van der Waals surface area contributed by atoms with E-state index in [0.717, 1.165) is 5.92 Å². The van der Waals surface area contributed by atoms with Gasteiger partial charge in [-0.05, 0) is 51.6 Å². The maximum atomic E-state index is 3.62. The molecule has 1 heteroatoms. The number of nitrogens with one attached hydrogen (secondary N) is 1. The van der Waals surface area contributed by atoms with Gasteiger partial charge < -0.3 is 5.32 Å². The van der Waals surface area contributed by atoms with Crippen LogP contribution in [0.2, 0.25) is 0 Å². The minimum atomic E-state index is 0.902. The van der Waals surface area contributed by atoms with E-state index in [4.69, 9.17) is 0 Å². The van der Waals surface area contributed by atoms with E-state index in [1.807, 2.05) is 0 Å². The molecule has 1 rings (SSSR count). The van der Waals surface area contributed by atoms with Gasteiger partial charge in [0.05, 0.1) is 0 Å². The van der Waals surface area contributed by atoms with Crippen molar-refractivity contribution in [2.45, 2.75) is 65.2 Å². The summed E-state index contributed by atoms with van der Waals surface area (Å²) in [5.74, 6) is 0.902. The lowest BCUT2D eigenvalue weighted by molar-refractivity contribution is 0.429. The molecular formula is C15H29N. The quantitative estimate of drug-likeness (QED) is 0.478. The van der Waals surface area contributed by atoms with E-state index in [-0.39, 0.29) is 0 Å². The highest BCUT2D eigenvalue weighted by atomic mass is 14.8. The second-order valence-corrected chi connectivity index (χ2v) is 5.31. The van der Waals surface area contributed by atoms with Crippen molar-refractivity contribution in [3.05, 3.63) is 11.6 Å². The molecule has 0 radical (unpaired) electrons. The van der Waals surface area contributed by atoms with Gasteiger partial charge in [-0.25, -0.2) is 0 Å². The van der Waals surface area contributed by atoms with Crippen molar-refractivity contribution >= 4 is 0 Å². The second-order valence-electron chi connectivity index (χ2n) is 5.31. The normalized spacial score (nSPS) is 20.9. The van der Waals surface area contributed by atoms with Gasteiger partial charge in [0.1, 0.15) is 0 Å². The molecule has 94 valence electrons. The van der Waals surface area contributed by atoms with Gasteiger partial charge in [0, 0.05) is 0 Å². The number of unbranched alkanes of at least 4 members (excludes halogenated alkanes) is 4. The summed E-state index contributed by atoms with van der Waals surface area (Å²) in [6, 6.07) is 0. The average molecular weight is 223 g/mol. The maximum absolute atomic E-state index is 3.62. The SMILES string of the molecule is CCCCCCCNC[C@@H]1CC=C(C)CC1. The Labute approximate surface area is 102 Å². The maximum Gasteiger partial charge on any atom is -0.00174 e. The molecule has 1 aliphatic carbocycles. The first-order chi connectivity index (χ1) is 7.83. The van der Waals surface area contributed by atoms with Crippen LogP contribution in [0, 0.1) is 5.92 Å². The first-order valence-corrected chi connectivity index (χ1v) is 7.19. The number of hydrogen-bond acceptors (Lipinski definition) is 1. The Bertz CT molecular complexity index is 196. The first-order valence-electron chi connectivity index (χ1n) is 7.19. The summed E-state index contributed by atoms with van der Waals surface area (Å²) < 4.78 is 0. The number of allylic oxidation sites excluding steroid dienone is 2. The van der Waals surface area contributed by atoms with E-state index in [9.17, 15) is 0 Å². The molecule has 16 heavy (non-hydrogen) atoms. The fourth-order valence-electron chi connectivity index (χ4n) is 2.36. The Hall–Kier alpha value is -0.300. The van der Waals surface area contributed by atoms with Crippen LogP contribution in [-0.4, -0.2) is 13.1 Å². The van der Waals surface area contributed by atoms with Gasteiger partial charge in [0.15, 0.2) is 0 Å². The minimum absolute atomic E-state index is 0.902. The molecule has 1 aliphatic rings. The fourth-order valence-corrected chi connectivity index (χ4v) is 2.36. The zero-order valence-corrected chi connectivity index (χ0v) is 11.2. The second kappa shape index (κ2) is 8.81. The first kappa shape index (κ1) is 13.8. The van der Waals surface area contributed by atoms with E-state index in [0.29, 0.717) is 0 Å². The topological polar surface area (TPSA) is 12.0 Å². The lowest BCUT2D eigenvalue weighted by atomic mass is 9.90. The van der Waals surface area contributed by atoms with Crippen molar-refractivity contribution in [1.82, 2.24) is 5.32 Å². The number of hydrogen-bond donors (Lipinski definition) is 1. The smallest absolute Gasteiger partial charge is 0.00174 e. The van der Waals surface area contributed by atoms with E-state index < -0.39 is 0 Å². The molecule has 0 aromatic rings. The summed E-state index contributed by atoms with van der Waals surface area (Å²) in [6.45, 7) is 6.99. The predicted molar refractivity (Wildman–Crippen MR) is 72.7 cm³/mol. The molecule has 0 fully saturated rings. The molecule has 1 nitrogen and oxygen atoms in total. The molecule has 0 aromatic carbocycles. The molecule has 0 unspecified atom stereocenters. The van der Waals surface area contributed by atoms with Crippen molar-refractivity contribution in [2.24, 2.45) is 5.92 Å². The molecule has 0 saturated heterocycles. The Balaban J connectivity index is 1.88. The molecule has 0 bridgehead atoms. The van der Waals surface area contributed by atoms with Gasteiger partial charge in [-0.2, -0.15) is 0 Å². The highest BCUT2D eigenvalue weighted by molar-refractivity contribution is 5.02. The molecule has 1 atom stereocenters. The van der Waals surface area contributed by atoms with Crippen molar-refractivity contribution < 1.29 is 0 Å². The minimum Gasteiger partial charge on any atom is -0.316 e. The standard InChI is InChI=1S/C15H29N/c1-3-4-5-6-7-12-16-13-15-10-8-14(2)9-11-15/h8,15-16H,3-7,9-13H2,1-2H3/t15-/m1/s1. The summed E-state index contributed by atoms with van der Waals surface area (Å²) >= 11 is 0. The van der Waals surface area contributed by atoms with Gasteiger partial charge in [-0.1, -0.05) is 44.3 Å². The van der Waals surface area contributed by atoms with E-state index in [1.165, 1.54) is 64.5 Å². The van der Waals surface area contributed by atoms with Crippen LogP contribution in [-0.2, 0) is 0 Å². The van der Waals surface area contributed by atoms with Crippen molar-refractivity contribution in [3.63, 3.8) is 0 Å². The summed E-state index contributed by atoms with van der Waals surface area (Å²) in [4.78, 5) is 0. The lowest BCUT2D eigenvalue weighted by Crippen LogP contribution is -2.24. The highest BCUT2D eigenvalue weighted by Crippen LogP contribution is 2.22. The Kier molecular flexibility index (Phi) is 7.58. The van der Waals surface area contributed by atoms with E-state index in [2.05, 4.69) is 25.2 Å². The van der Waals surface area contributed by atoms with Gasteiger partial charge >= 0.3 is 0 Å². The zero-order valence-electron chi connectivity index (χ0n) is 11.2. The van der Waals surface area contributed by atoms with E-state index >= 15 is 0 Å². The Morgan fingerprint density at radius 1 is 1.25 bits per heavy atom. The zero-order chi connectivity index (χ0) is 11.6. The summed E-state index contributed by atoms with van der Waals surface area (Å²) in [5, 5.41) is 3.62. The Morgan fingerprint density at radius 3 is 2.75 bits per heavy atom. The number of rotatable bonds is 8. The molecule has 0 aromatic heterocycles. The molecule has 1 N–H and O–H groups in total. The van der Waals surface area contributed by atoms with E-state index in [1.54, 1.807) is 5.57 Å². The van der Waals surface area contributed by atoms with Gasteiger partial charge in [-0.3, -0.25) is 0 Å². The molecule has 0 saturated carbocycles. The fraction of sp³-hybridized carbons (Fsp3) is 0.867. The van der Waals surface area contributed by atoms with Crippen LogP contribution in [0.3, 0.4) is 0 Å². The monoisotopic (exact) mass is 223 g/mol. The molecular weight excluding hydrogens is 194 g/mol. The lowest BCUT2D eigenvalue weighted by Gasteiger charge is -2.20. The van der Waals surface area contributed by atoms with Crippen molar-refractivity contribution in [3.8, 4) is 0 Å². The summed E-state index contributed by atoms with van der Waals surface area (Å²) in [5.41, 5.74) is 1.59. The van der Waals surface area contributed by atoms with Crippen molar-refractivity contribution in [1.29, 1.82) is 0 Å². The van der Waals surface area contributed by atoms with Gasteiger partial charge in [0.25, 0.3) is 0 Å². The summed E-state index contributed by atoms with van der Waals surface area (Å²) in [6.07, 6.45) is 13.4. The van der Waals surface area contributed by atoms with Gasteiger partial charge in [-0.15, -0.1) is 0 Å². The van der Waals surface area contributed by atoms with Crippen molar-refractivity contribution in [2.75, 3.05) is 13.1 Å². The summed E-state index contributed by atoms with van der Waals surface area (Å²) in [7, 11) is 0. The molecule has 0 spiro atoms. The van der Waals surface area contributed by atoms with Crippen LogP contribution in [0.4, 0.5) is 0 Å². The predicted octanol–water partition coefficient (Wildman–Crippen LogP) is 4.29. The average Bonchev–Trinajstić information content (AvgIpc) is 2.30. The third-order valence-electron chi connectivity index (χ3n) is 3.64. The highest BCUT2D eigenvalue weighted by Gasteiger charge is 2.11. The molecule has 0 heterocycles. The van der Waals surface area contributed by atoms with Gasteiger partial charge in [0.2, 0.25) is 0 Å². The Morgan fingerprint density at radius 2 is 2.06 bits per heavy atom. The van der Waals surface area contributed by atoms with Crippen LogP contribution in [0.5, 0.6) is 0 Å². The van der Waals surface area contributed by atoms with Crippen LogP contribution in [0.25, 0.3) is 0 Å². The van der Waals surface area contributed by atoms with Crippen LogP contribution < -0.4 is 5.32 Å². The molecule has 0 amide bonds. The largest absolute Gasteiger partial charge is 0.316 e. The van der Waals surface area contributed by atoms with Crippen LogP contribution in [0.15, 0.2) is 11.6 Å². The van der Waals surface area contributed by atoms with Crippen LogP contribution in [0.1, 0.15) is 65.2 Å². The third-order valence-corrected chi connectivity index (χ3v) is 3.64.